The number of hydrogen-bond donors (Lipinski definition) is 0. The van der Waals surface area contributed by atoms with E-state index in [-0.39, 0.29) is 0 Å². The third-order valence-corrected chi connectivity index (χ3v) is 6.61. The smallest absolute Gasteiger partial charge is 0.377 e. The van der Waals surface area contributed by atoms with Gasteiger partial charge in [0.1, 0.15) is 0 Å². The summed E-state index contributed by atoms with van der Waals surface area (Å²) in [5.41, 5.74) is 0. The average molecular weight is 261 g/mol. The highest BCUT2D eigenvalue weighted by atomic mass is 28.4. The van der Waals surface area contributed by atoms with E-state index >= 15 is 0 Å². The van der Waals surface area contributed by atoms with Crippen LogP contribution in [-0.2, 0) is 13.3 Å². The van der Waals surface area contributed by atoms with Crippen LogP contribution in [0.15, 0.2) is 0 Å². The lowest BCUT2D eigenvalue weighted by atomic mass is 9.96. The van der Waals surface area contributed by atoms with Crippen LogP contribution in [0.1, 0.15) is 26.2 Å². The number of piperidine rings is 1. The van der Waals surface area contributed by atoms with Crippen molar-refractivity contribution >= 4 is 8.80 Å². The Morgan fingerprint density at radius 3 is 2.35 bits per heavy atom. The number of likely N-dealkylation sites (tertiary alicyclic amines) is 1. The fourth-order valence-electron chi connectivity index (χ4n) is 2.61. The van der Waals surface area contributed by atoms with Gasteiger partial charge in [-0.05, 0) is 38.3 Å². The molecule has 0 aromatic rings. The van der Waals surface area contributed by atoms with Gasteiger partial charge in [-0.15, -0.1) is 0 Å². The van der Waals surface area contributed by atoms with Crippen molar-refractivity contribution in [2.24, 2.45) is 5.92 Å². The summed E-state index contributed by atoms with van der Waals surface area (Å²) in [4.78, 5) is 2.53. The van der Waals surface area contributed by atoms with Gasteiger partial charge in [-0.2, -0.15) is 0 Å². The molecular formula is C12H27NO3Si. The molecule has 0 amide bonds. The molecule has 17 heavy (non-hydrogen) atoms. The zero-order valence-corrected chi connectivity index (χ0v) is 12.7. The maximum atomic E-state index is 5.46. The van der Waals surface area contributed by atoms with Crippen molar-refractivity contribution in [3.63, 3.8) is 0 Å². The van der Waals surface area contributed by atoms with Gasteiger partial charge in [-0.3, -0.25) is 0 Å². The molecule has 1 heterocycles. The molecular weight excluding hydrogens is 234 g/mol. The molecule has 1 saturated heterocycles. The first kappa shape index (κ1) is 15.1. The molecule has 1 unspecified atom stereocenters. The van der Waals surface area contributed by atoms with E-state index in [1.807, 2.05) is 0 Å². The lowest BCUT2D eigenvalue weighted by Crippen LogP contribution is -2.44. The van der Waals surface area contributed by atoms with Gasteiger partial charge in [0.15, 0.2) is 0 Å². The summed E-state index contributed by atoms with van der Waals surface area (Å²) >= 11 is 0. The largest absolute Gasteiger partial charge is 0.500 e. The highest BCUT2D eigenvalue weighted by Gasteiger charge is 2.38. The summed E-state index contributed by atoms with van der Waals surface area (Å²) in [6, 6.07) is 0.929. The Labute approximate surface area is 107 Å². The van der Waals surface area contributed by atoms with Crippen molar-refractivity contribution < 1.29 is 13.3 Å². The fraction of sp³-hybridized carbons (Fsp3) is 1.00. The maximum Gasteiger partial charge on any atom is 0.500 e. The minimum absolute atomic E-state index is 0.774. The van der Waals surface area contributed by atoms with Crippen molar-refractivity contribution in [2.75, 3.05) is 41.0 Å². The van der Waals surface area contributed by atoms with Crippen LogP contribution in [0.3, 0.4) is 0 Å². The SMILES string of the molecule is CCN1CCCC(CC[Si](OC)(OC)OC)C1. The highest BCUT2D eigenvalue weighted by molar-refractivity contribution is 6.60. The summed E-state index contributed by atoms with van der Waals surface area (Å²) in [5.74, 6) is 0.774. The molecule has 102 valence electrons. The van der Waals surface area contributed by atoms with Crippen molar-refractivity contribution in [2.45, 2.75) is 32.2 Å². The van der Waals surface area contributed by atoms with E-state index in [1.165, 1.54) is 25.9 Å². The lowest BCUT2D eigenvalue weighted by Gasteiger charge is -2.33. The molecule has 1 rings (SSSR count). The first-order chi connectivity index (χ1) is 8.19. The van der Waals surface area contributed by atoms with Crippen LogP contribution in [0, 0.1) is 5.92 Å². The van der Waals surface area contributed by atoms with Crippen LogP contribution in [0.25, 0.3) is 0 Å². The molecule has 0 aromatic carbocycles. The van der Waals surface area contributed by atoms with Gasteiger partial charge >= 0.3 is 8.80 Å². The van der Waals surface area contributed by atoms with E-state index in [0.717, 1.165) is 24.9 Å². The molecule has 0 saturated carbocycles. The van der Waals surface area contributed by atoms with Gasteiger partial charge in [0.2, 0.25) is 0 Å². The predicted molar refractivity (Wildman–Crippen MR) is 71.0 cm³/mol. The Morgan fingerprint density at radius 2 is 1.82 bits per heavy atom. The van der Waals surface area contributed by atoms with Crippen molar-refractivity contribution in [3.05, 3.63) is 0 Å². The fourth-order valence-corrected chi connectivity index (χ4v) is 4.49. The Bertz CT molecular complexity index is 204. The van der Waals surface area contributed by atoms with E-state index in [4.69, 9.17) is 13.3 Å². The standard InChI is InChI=1S/C12H27NO3Si/c1-5-13-9-6-7-12(11-13)8-10-17(14-2,15-3)16-4/h12H,5-11H2,1-4H3. The summed E-state index contributed by atoms with van der Waals surface area (Å²) in [6.07, 6.45) is 3.80. The van der Waals surface area contributed by atoms with Crippen LogP contribution < -0.4 is 0 Å². The summed E-state index contributed by atoms with van der Waals surface area (Å²) in [7, 11) is 2.73. The average Bonchev–Trinajstić information content (AvgIpc) is 2.41. The van der Waals surface area contributed by atoms with Gasteiger partial charge in [0, 0.05) is 33.9 Å². The zero-order valence-electron chi connectivity index (χ0n) is 11.7. The molecule has 5 heteroatoms. The number of nitrogens with zero attached hydrogens (tertiary/aromatic N) is 1. The third-order valence-electron chi connectivity index (χ3n) is 3.84. The zero-order chi connectivity index (χ0) is 12.7. The van der Waals surface area contributed by atoms with Gasteiger partial charge in [0.25, 0.3) is 0 Å². The van der Waals surface area contributed by atoms with Gasteiger partial charge in [0.05, 0.1) is 0 Å². The monoisotopic (exact) mass is 261 g/mol. The third kappa shape index (κ3) is 4.33. The van der Waals surface area contributed by atoms with Gasteiger partial charge < -0.3 is 18.2 Å². The summed E-state index contributed by atoms with van der Waals surface area (Å²) in [5, 5.41) is 0. The van der Waals surface area contributed by atoms with E-state index in [0.29, 0.717) is 0 Å². The van der Waals surface area contributed by atoms with E-state index in [2.05, 4.69) is 11.8 Å². The molecule has 0 aliphatic carbocycles. The summed E-state index contributed by atoms with van der Waals surface area (Å²) < 4.78 is 16.4. The molecule has 4 nitrogen and oxygen atoms in total. The molecule has 1 aliphatic heterocycles. The molecule has 1 atom stereocenters. The Hall–Kier alpha value is 0.0569. The molecule has 0 radical (unpaired) electrons. The minimum Gasteiger partial charge on any atom is -0.377 e. The topological polar surface area (TPSA) is 30.9 Å². The van der Waals surface area contributed by atoms with Crippen molar-refractivity contribution in [1.82, 2.24) is 4.90 Å². The second kappa shape index (κ2) is 7.48. The van der Waals surface area contributed by atoms with E-state index in [9.17, 15) is 0 Å². The lowest BCUT2D eigenvalue weighted by molar-refractivity contribution is 0.116. The molecule has 1 fully saturated rings. The number of hydrogen-bond acceptors (Lipinski definition) is 4. The Kier molecular flexibility index (Phi) is 6.65. The quantitative estimate of drug-likeness (QED) is 0.656. The van der Waals surface area contributed by atoms with Crippen LogP contribution in [-0.4, -0.2) is 54.7 Å². The highest BCUT2D eigenvalue weighted by Crippen LogP contribution is 2.25. The number of rotatable bonds is 7. The van der Waals surface area contributed by atoms with Crippen LogP contribution in [0.2, 0.25) is 6.04 Å². The molecule has 1 aliphatic rings. The van der Waals surface area contributed by atoms with Crippen molar-refractivity contribution in [1.29, 1.82) is 0 Å². The Morgan fingerprint density at radius 1 is 1.18 bits per heavy atom. The van der Waals surface area contributed by atoms with Crippen molar-refractivity contribution in [3.8, 4) is 0 Å². The van der Waals surface area contributed by atoms with Crippen LogP contribution in [0.4, 0.5) is 0 Å². The maximum absolute atomic E-state index is 5.46. The second-order valence-electron chi connectivity index (χ2n) is 4.74. The van der Waals surface area contributed by atoms with Gasteiger partial charge in [-0.1, -0.05) is 6.92 Å². The van der Waals surface area contributed by atoms with Crippen LogP contribution >= 0.6 is 0 Å². The predicted octanol–water partition coefficient (Wildman–Crippen LogP) is 1.99. The molecule has 0 spiro atoms. The van der Waals surface area contributed by atoms with E-state index in [1.54, 1.807) is 21.3 Å². The minimum atomic E-state index is -2.35. The Balaban J connectivity index is 2.38. The molecule has 0 bridgehead atoms. The van der Waals surface area contributed by atoms with Crippen LogP contribution in [0.5, 0.6) is 0 Å². The summed E-state index contributed by atoms with van der Waals surface area (Å²) in [6.45, 7) is 5.88. The van der Waals surface area contributed by atoms with Gasteiger partial charge in [-0.25, -0.2) is 0 Å². The first-order valence-corrected chi connectivity index (χ1v) is 8.50. The van der Waals surface area contributed by atoms with E-state index < -0.39 is 8.80 Å². The second-order valence-corrected chi connectivity index (χ2v) is 7.83. The first-order valence-electron chi connectivity index (χ1n) is 6.57. The normalized spacial score (nSPS) is 22.9. The molecule has 0 N–H and O–H groups in total. The molecule has 0 aromatic heterocycles.